The number of hydrogen-bond acceptors (Lipinski definition) is 5. The topological polar surface area (TPSA) is 92.3 Å². The molecule has 7 nitrogen and oxygen atoms in total. The number of likely N-dealkylation sites (tertiary alicyclic amines) is 1. The molecule has 1 aromatic heterocycles. The molecule has 1 amide bonds. The summed E-state index contributed by atoms with van der Waals surface area (Å²) in [6.07, 6.45) is 6.02. The minimum Gasteiger partial charge on any atom is -0.339 e. The van der Waals surface area contributed by atoms with E-state index >= 15 is 0 Å². The first kappa shape index (κ1) is 19.3. The largest absolute Gasteiger partial charge is 0.339 e. The number of carbonyl (C=O) groups excluding carboxylic acids is 1. The Hall–Kier alpha value is -3.00. The summed E-state index contributed by atoms with van der Waals surface area (Å²) in [7, 11) is -3.97. The molecular weight excluding hydrogens is 388 g/mol. The van der Waals surface area contributed by atoms with Crippen molar-refractivity contribution >= 4 is 32.7 Å². The van der Waals surface area contributed by atoms with Crippen LogP contribution < -0.4 is 4.72 Å². The molecule has 2 aromatic carbocycles. The Morgan fingerprint density at radius 3 is 2.59 bits per heavy atom. The van der Waals surface area contributed by atoms with E-state index in [1.807, 2.05) is 13.0 Å². The molecule has 3 aromatic rings. The van der Waals surface area contributed by atoms with E-state index in [0.717, 1.165) is 24.8 Å². The molecule has 29 heavy (non-hydrogen) atoms. The second kappa shape index (κ2) is 7.79. The first-order valence-corrected chi connectivity index (χ1v) is 11.1. The van der Waals surface area contributed by atoms with Gasteiger partial charge < -0.3 is 4.90 Å². The van der Waals surface area contributed by atoms with Crippen LogP contribution in [0.4, 0.5) is 5.69 Å². The van der Waals surface area contributed by atoms with Gasteiger partial charge in [-0.3, -0.25) is 19.5 Å². The van der Waals surface area contributed by atoms with E-state index in [1.54, 1.807) is 29.2 Å². The molecule has 2 heterocycles. The predicted octanol–water partition coefficient (Wildman–Crippen LogP) is 3.37. The summed E-state index contributed by atoms with van der Waals surface area (Å²) in [6.45, 7) is 3.24. The Morgan fingerprint density at radius 1 is 1.03 bits per heavy atom. The number of sulfonamides is 1. The highest BCUT2D eigenvalue weighted by Gasteiger charge is 2.25. The number of piperidine rings is 1. The molecule has 0 bridgehead atoms. The van der Waals surface area contributed by atoms with Gasteiger partial charge in [0, 0.05) is 25.5 Å². The van der Waals surface area contributed by atoms with Crippen molar-refractivity contribution in [2.45, 2.75) is 31.1 Å². The van der Waals surface area contributed by atoms with Crippen LogP contribution in [0, 0.1) is 6.92 Å². The highest BCUT2D eigenvalue weighted by molar-refractivity contribution is 7.93. The lowest BCUT2D eigenvalue weighted by molar-refractivity contribution is 0.0725. The number of hydrogen-bond donors (Lipinski definition) is 1. The average molecular weight is 410 g/mol. The summed E-state index contributed by atoms with van der Waals surface area (Å²) in [5.74, 6) is -0.153. The van der Waals surface area contributed by atoms with Crippen LogP contribution in [0.15, 0.2) is 53.7 Å². The number of carbonyl (C=O) groups is 1. The number of rotatable bonds is 4. The minimum absolute atomic E-state index is 0.0287. The van der Waals surface area contributed by atoms with Gasteiger partial charge in [-0.2, -0.15) is 0 Å². The van der Waals surface area contributed by atoms with Crippen LogP contribution in [0.25, 0.3) is 11.0 Å². The summed E-state index contributed by atoms with van der Waals surface area (Å²) in [6, 6.07) is 10.0. The summed E-state index contributed by atoms with van der Waals surface area (Å²) in [5, 5.41) is 0. The highest BCUT2D eigenvalue weighted by Crippen LogP contribution is 2.26. The molecule has 150 valence electrons. The van der Waals surface area contributed by atoms with Gasteiger partial charge in [0.25, 0.3) is 15.9 Å². The molecule has 8 heteroatoms. The third-order valence-corrected chi connectivity index (χ3v) is 6.44. The van der Waals surface area contributed by atoms with Crippen LogP contribution in [0.3, 0.4) is 0 Å². The fraction of sp³-hybridized carbons (Fsp3) is 0.286. The first-order chi connectivity index (χ1) is 14.0. The van der Waals surface area contributed by atoms with Crippen LogP contribution in [0.5, 0.6) is 0 Å². The van der Waals surface area contributed by atoms with Crippen molar-refractivity contribution in [1.82, 2.24) is 14.9 Å². The van der Waals surface area contributed by atoms with Gasteiger partial charge in [-0.05, 0) is 56.0 Å². The van der Waals surface area contributed by atoms with Crippen LogP contribution in [-0.4, -0.2) is 42.3 Å². The zero-order valence-electron chi connectivity index (χ0n) is 16.1. The van der Waals surface area contributed by atoms with Gasteiger partial charge in [-0.1, -0.05) is 12.1 Å². The third-order valence-electron chi connectivity index (χ3n) is 5.04. The molecule has 0 spiro atoms. The maximum atomic E-state index is 13.2. The van der Waals surface area contributed by atoms with Gasteiger partial charge in [0.15, 0.2) is 0 Å². The molecule has 1 aliphatic heterocycles. The molecule has 0 atom stereocenters. The van der Waals surface area contributed by atoms with Gasteiger partial charge in [0.05, 0.1) is 16.8 Å². The van der Waals surface area contributed by atoms with Crippen LogP contribution in [0.1, 0.15) is 35.2 Å². The average Bonchev–Trinajstić information content (AvgIpc) is 2.73. The van der Waals surface area contributed by atoms with Crippen molar-refractivity contribution in [1.29, 1.82) is 0 Å². The number of benzene rings is 2. The zero-order chi connectivity index (χ0) is 20.4. The molecule has 0 unspecified atom stereocenters. The van der Waals surface area contributed by atoms with Gasteiger partial charge in [0.1, 0.15) is 10.4 Å². The lowest BCUT2D eigenvalue weighted by atomic mass is 10.1. The standard InChI is InChI=1S/C21H22N4O3S/c1-15-8-9-16(21(26)25-12-3-2-4-13-25)18(14-15)24-29(27,28)19-7-5-6-17-20(19)23-11-10-22-17/h5-11,14,24H,2-4,12-13H2,1H3. The van der Waals surface area contributed by atoms with E-state index in [4.69, 9.17) is 0 Å². The normalized spacial score (nSPS) is 14.7. The van der Waals surface area contributed by atoms with Gasteiger partial charge in [0.2, 0.25) is 0 Å². The molecular formula is C21H22N4O3S. The quantitative estimate of drug-likeness (QED) is 0.712. The van der Waals surface area contributed by atoms with Crippen LogP contribution in [0.2, 0.25) is 0 Å². The Bertz CT molecular complexity index is 1170. The summed E-state index contributed by atoms with van der Waals surface area (Å²) in [5.41, 5.74) is 2.27. The molecule has 1 saturated heterocycles. The number of nitrogens with one attached hydrogen (secondary N) is 1. The zero-order valence-corrected chi connectivity index (χ0v) is 16.9. The van der Waals surface area contributed by atoms with E-state index in [2.05, 4.69) is 14.7 Å². The van der Waals surface area contributed by atoms with E-state index in [1.165, 1.54) is 18.5 Å². The molecule has 1 aliphatic rings. The Morgan fingerprint density at radius 2 is 1.79 bits per heavy atom. The number of nitrogens with zero attached hydrogens (tertiary/aromatic N) is 3. The van der Waals surface area contributed by atoms with E-state index in [9.17, 15) is 13.2 Å². The molecule has 4 rings (SSSR count). The maximum Gasteiger partial charge on any atom is 0.264 e. The third kappa shape index (κ3) is 3.93. The lowest BCUT2D eigenvalue weighted by Crippen LogP contribution is -2.36. The number of amides is 1. The second-order valence-corrected chi connectivity index (χ2v) is 8.84. The molecule has 1 N–H and O–H groups in total. The van der Waals surface area contributed by atoms with Crippen molar-refractivity contribution < 1.29 is 13.2 Å². The van der Waals surface area contributed by atoms with Gasteiger partial charge in [-0.25, -0.2) is 8.42 Å². The second-order valence-electron chi connectivity index (χ2n) is 7.19. The predicted molar refractivity (Wildman–Crippen MR) is 111 cm³/mol. The fourth-order valence-corrected chi connectivity index (χ4v) is 4.82. The van der Waals surface area contributed by atoms with Crippen molar-refractivity contribution in [2.75, 3.05) is 17.8 Å². The smallest absolute Gasteiger partial charge is 0.264 e. The van der Waals surface area contributed by atoms with Crippen molar-refractivity contribution in [3.63, 3.8) is 0 Å². The minimum atomic E-state index is -3.97. The number of anilines is 1. The highest BCUT2D eigenvalue weighted by atomic mass is 32.2. The summed E-state index contributed by atoms with van der Waals surface area (Å²) < 4.78 is 29.0. The van der Waals surface area contributed by atoms with Crippen molar-refractivity contribution in [2.24, 2.45) is 0 Å². The number of aryl methyl sites for hydroxylation is 1. The van der Waals surface area contributed by atoms with Gasteiger partial charge >= 0.3 is 0 Å². The van der Waals surface area contributed by atoms with Crippen LogP contribution in [-0.2, 0) is 10.0 Å². The van der Waals surface area contributed by atoms with Crippen LogP contribution >= 0.6 is 0 Å². The van der Waals surface area contributed by atoms with E-state index in [-0.39, 0.29) is 16.5 Å². The first-order valence-electron chi connectivity index (χ1n) is 9.58. The van der Waals surface area contributed by atoms with Crippen molar-refractivity contribution in [3.8, 4) is 0 Å². The number of para-hydroxylation sites is 1. The summed E-state index contributed by atoms with van der Waals surface area (Å²) >= 11 is 0. The van der Waals surface area contributed by atoms with Crippen molar-refractivity contribution in [3.05, 3.63) is 59.9 Å². The fourth-order valence-electron chi connectivity index (χ4n) is 3.58. The molecule has 1 fully saturated rings. The van der Waals surface area contributed by atoms with E-state index < -0.39 is 10.0 Å². The lowest BCUT2D eigenvalue weighted by Gasteiger charge is -2.27. The molecule has 0 saturated carbocycles. The number of aromatic nitrogens is 2. The van der Waals surface area contributed by atoms with E-state index in [0.29, 0.717) is 29.7 Å². The SMILES string of the molecule is Cc1ccc(C(=O)N2CCCCC2)c(NS(=O)(=O)c2cccc3nccnc23)c1. The maximum absolute atomic E-state index is 13.2. The Balaban J connectivity index is 1.73. The number of fused-ring (bicyclic) bond motifs is 1. The Labute approximate surface area is 169 Å². The molecule has 0 radical (unpaired) electrons. The Kier molecular flexibility index (Phi) is 5.19. The summed E-state index contributed by atoms with van der Waals surface area (Å²) in [4.78, 5) is 23.2. The molecule has 0 aliphatic carbocycles. The van der Waals surface area contributed by atoms with Gasteiger partial charge in [-0.15, -0.1) is 0 Å². The monoisotopic (exact) mass is 410 g/mol.